The van der Waals surface area contributed by atoms with Crippen LogP contribution in [-0.4, -0.2) is 36.9 Å². The minimum atomic E-state index is -0.0841. The summed E-state index contributed by atoms with van der Waals surface area (Å²) in [6.45, 7) is 7.11. The predicted octanol–water partition coefficient (Wildman–Crippen LogP) is 3.37. The number of carbonyl (C=O) groups excluding carboxylic acids is 2. The molecule has 5 heteroatoms. The standard InChI is InChI=1S/C23H29N3O2/c1-4-22(27)26-12-11-19-14-20(9-10-21(19)26)23(28)24-15-17-7-6-8-18(13-17)16-25(3)5-2/h6-10,13-14H,4-5,11-12,15-16H2,1-3H3,(H,24,28). The first-order valence-corrected chi connectivity index (χ1v) is 9.99. The van der Waals surface area contributed by atoms with Crippen molar-refractivity contribution in [3.05, 3.63) is 64.7 Å². The quantitative estimate of drug-likeness (QED) is 0.803. The van der Waals surface area contributed by atoms with Crippen LogP contribution < -0.4 is 10.2 Å². The molecule has 1 N–H and O–H groups in total. The molecule has 0 unspecified atom stereocenters. The Labute approximate surface area is 167 Å². The molecule has 28 heavy (non-hydrogen) atoms. The zero-order valence-corrected chi connectivity index (χ0v) is 17.0. The van der Waals surface area contributed by atoms with Crippen LogP contribution in [0.2, 0.25) is 0 Å². The normalized spacial score (nSPS) is 12.9. The van der Waals surface area contributed by atoms with Crippen LogP contribution in [0.1, 0.15) is 47.3 Å². The second kappa shape index (κ2) is 9.02. The van der Waals surface area contributed by atoms with Gasteiger partial charge in [-0.25, -0.2) is 0 Å². The maximum absolute atomic E-state index is 12.6. The Morgan fingerprint density at radius 3 is 2.64 bits per heavy atom. The van der Waals surface area contributed by atoms with Gasteiger partial charge in [-0.15, -0.1) is 0 Å². The lowest BCUT2D eigenvalue weighted by atomic mass is 10.1. The van der Waals surface area contributed by atoms with Crippen LogP contribution in [0.4, 0.5) is 5.69 Å². The molecular weight excluding hydrogens is 350 g/mol. The first-order chi connectivity index (χ1) is 13.5. The van der Waals surface area contributed by atoms with Crippen molar-refractivity contribution in [1.82, 2.24) is 10.2 Å². The van der Waals surface area contributed by atoms with E-state index in [1.807, 2.05) is 42.2 Å². The molecule has 148 valence electrons. The Balaban J connectivity index is 1.63. The largest absolute Gasteiger partial charge is 0.348 e. The highest BCUT2D eigenvalue weighted by atomic mass is 16.2. The maximum Gasteiger partial charge on any atom is 0.251 e. The summed E-state index contributed by atoms with van der Waals surface area (Å²) in [4.78, 5) is 28.7. The van der Waals surface area contributed by atoms with Crippen LogP contribution >= 0.6 is 0 Å². The lowest BCUT2D eigenvalue weighted by molar-refractivity contribution is -0.118. The number of rotatable bonds is 7. The Kier molecular flexibility index (Phi) is 6.47. The fourth-order valence-corrected chi connectivity index (χ4v) is 3.54. The van der Waals surface area contributed by atoms with Crippen molar-refractivity contribution >= 4 is 17.5 Å². The molecule has 2 aromatic rings. The number of amides is 2. The van der Waals surface area contributed by atoms with Crippen LogP contribution in [0.5, 0.6) is 0 Å². The highest BCUT2D eigenvalue weighted by Crippen LogP contribution is 2.29. The van der Waals surface area contributed by atoms with E-state index < -0.39 is 0 Å². The van der Waals surface area contributed by atoms with Crippen LogP contribution in [0.15, 0.2) is 42.5 Å². The van der Waals surface area contributed by atoms with Crippen molar-refractivity contribution < 1.29 is 9.59 Å². The van der Waals surface area contributed by atoms with Gasteiger partial charge in [0.1, 0.15) is 0 Å². The molecule has 0 bridgehead atoms. The molecule has 0 aromatic heterocycles. The van der Waals surface area contributed by atoms with Gasteiger partial charge in [-0.3, -0.25) is 9.59 Å². The topological polar surface area (TPSA) is 52.7 Å². The molecule has 2 amide bonds. The minimum Gasteiger partial charge on any atom is -0.348 e. The van der Waals surface area contributed by atoms with Crippen molar-refractivity contribution in [2.45, 2.75) is 39.8 Å². The fraction of sp³-hybridized carbons (Fsp3) is 0.391. The average Bonchev–Trinajstić information content (AvgIpc) is 3.14. The number of hydrogen-bond acceptors (Lipinski definition) is 3. The second-order valence-corrected chi connectivity index (χ2v) is 7.33. The van der Waals surface area contributed by atoms with Crippen molar-refractivity contribution in [3.63, 3.8) is 0 Å². The van der Waals surface area contributed by atoms with Crippen LogP contribution in [0.3, 0.4) is 0 Å². The van der Waals surface area contributed by atoms with E-state index in [1.165, 1.54) is 5.56 Å². The van der Waals surface area contributed by atoms with Crippen molar-refractivity contribution in [1.29, 1.82) is 0 Å². The van der Waals surface area contributed by atoms with Gasteiger partial charge < -0.3 is 15.1 Å². The number of nitrogens with zero attached hydrogens (tertiary/aromatic N) is 2. The number of carbonyl (C=O) groups is 2. The molecule has 0 fully saturated rings. The molecule has 1 aliphatic heterocycles. The van der Waals surface area contributed by atoms with E-state index in [0.29, 0.717) is 25.1 Å². The monoisotopic (exact) mass is 379 g/mol. The summed E-state index contributed by atoms with van der Waals surface area (Å²) in [7, 11) is 2.09. The van der Waals surface area contributed by atoms with Gasteiger partial charge in [0.2, 0.25) is 5.91 Å². The van der Waals surface area contributed by atoms with Gasteiger partial charge in [0.05, 0.1) is 0 Å². The Hall–Kier alpha value is -2.66. The number of hydrogen-bond donors (Lipinski definition) is 1. The number of benzene rings is 2. The van der Waals surface area contributed by atoms with Gasteiger partial charge in [0.15, 0.2) is 0 Å². The SMILES string of the molecule is CCC(=O)N1CCc2cc(C(=O)NCc3cccc(CN(C)CC)c3)ccc21. The summed E-state index contributed by atoms with van der Waals surface area (Å²) in [5.74, 6) is 0.0451. The Morgan fingerprint density at radius 2 is 1.89 bits per heavy atom. The molecule has 0 saturated heterocycles. The minimum absolute atomic E-state index is 0.0841. The summed E-state index contributed by atoms with van der Waals surface area (Å²) >= 11 is 0. The van der Waals surface area contributed by atoms with Crippen LogP contribution in [0.25, 0.3) is 0 Å². The highest BCUT2D eigenvalue weighted by molar-refractivity contribution is 5.98. The van der Waals surface area contributed by atoms with Crippen LogP contribution in [-0.2, 0) is 24.3 Å². The highest BCUT2D eigenvalue weighted by Gasteiger charge is 2.24. The third kappa shape index (κ3) is 4.60. The summed E-state index contributed by atoms with van der Waals surface area (Å²) in [6, 6.07) is 13.9. The fourth-order valence-electron chi connectivity index (χ4n) is 3.54. The van der Waals surface area contributed by atoms with Gasteiger partial charge in [-0.2, -0.15) is 0 Å². The molecule has 0 aliphatic carbocycles. The first kappa shape index (κ1) is 20.1. The lowest BCUT2D eigenvalue weighted by Gasteiger charge is -2.16. The molecule has 0 saturated carbocycles. The second-order valence-electron chi connectivity index (χ2n) is 7.33. The first-order valence-electron chi connectivity index (χ1n) is 9.99. The molecule has 1 heterocycles. The molecule has 0 spiro atoms. The van der Waals surface area contributed by atoms with Gasteiger partial charge in [0.25, 0.3) is 5.91 Å². The molecule has 1 aliphatic rings. The van der Waals surface area contributed by atoms with Crippen molar-refractivity contribution in [2.75, 3.05) is 25.0 Å². The summed E-state index contributed by atoms with van der Waals surface area (Å²) in [5, 5.41) is 3.01. The molecule has 0 radical (unpaired) electrons. The number of nitrogens with one attached hydrogen (secondary N) is 1. The molecule has 5 nitrogen and oxygen atoms in total. The van der Waals surface area contributed by atoms with E-state index in [9.17, 15) is 9.59 Å². The number of anilines is 1. The van der Waals surface area contributed by atoms with E-state index in [1.54, 1.807) is 0 Å². The predicted molar refractivity (Wildman–Crippen MR) is 112 cm³/mol. The smallest absolute Gasteiger partial charge is 0.251 e. The van der Waals surface area contributed by atoms with Crippen molar-refractivity contribution in [2.24, 2.45) is 0 Å². The third-order valence-corrected chi connectivity index (χ3v) is 5.28. The molecular formula is C23H29N3O2. The zero-order chi connectivity index (χ0) is 20.1. The number of fused-ring (bicyclic) bond motifs is 1. The molecule has 3 rings (SSSR count). The zero-order valence-electron chi connectivity index (χ0n) is 17.0. The molecule has 0 atom stereocenters. The summed E-state index contributed by atoms with van der Waals surface area (Å²) in [5.41, 5.74) is 4.99. The molecule has 2 aromatic carbocycles. The summed E-state index contributed by atoms with van der Waals surface area (Å²) in [6.07, 6.45) is 1.30. The van der Waals surface area contributed by atoms with E-state index in [2.05, 4.69) is 36.3 Å². The van der Waals surface area contributed by atoms with E-state index in [0.717, 1.165) is 36.3 Å². The van der Waals surface area contributed by atoms with Gasteiger partial charge in [0, 0.05) is 37.3 Å². The van der Waals surface area contributed by atoms with Gasteiger partial charge in [-0.1, -0.05) is 38.1 Å². The lowest BCUT2D eigenvalue weighted by Crippen LogP contribution is -2.27. The summed E-state index contributed by atoms with van der Waals surface area (Å²) < 4.78 is 0. The van der Waals surface area contributed by atoms with Crippen molar-refractivity contribution in [3.8, 4) is 0 Å². The third-order valence-electron chi connectivity index (χ3n) is 5.28. The Bertz CT molecular complexity index is 863. The van der Waals surface area contributed by atoms with Crippen LogP contribution in [0, 0.1) is 0 Å². The average molecular weight is 380 g/mol. The van der Waals surface area contributed by atoms with E-state index in [-0.39, 0.29) is 11.8 Å². The van der Waals surface area contributed by atoms with E-state index in [4.69, 9.17) is 0 Å². The maximum atomic E-state index is 12.6. The van der Waals surface area contributed by atoms with Gasteiger partial charge in [-0.05, 0) is 54.9 Å². The Morgan fingerprint density at radius 1 is 1.11 bits per heavy atom. The van der Waals surface area contributed by atoms with Gasteiger partial charge >= 0.3 is 0 Å². The van der Waals surface area contributed by atoms with E-state index >= 15 is 0 Å².